The molecule has 0 atom stereocenters. The van der Waals surface area contributed by atoms with Gasteiger partial charge >= 0.3 is 0 Å². The Kier molecular flexibility index (Phi) is 2.09. The van der Waals surface area contributed by atoms with Crippen LogP contribution in [0.5, 0.6) is 0 Å². The van der Waals surface area contributed by atoms with Crippen LogP contribution in [0.25, 0.3) is 5.69 Å². The fourth-order valence-corrected chi connectivity index (χ4v) is 1.98. The molecule has 0 unspecified atom stereocenters. The van der Waals surface area contributed by atoms with Crippen molar-refractivity contribution in [2.75, 3.05) is 0 Å². The molecule has 0 aliphatic heterocycles. The Morgan fingerprint density at radius 1 is 1.33 bits per heavy atom. The number of imidazole rings is 1. The largest absolute Gasteiger partial charge is 0.304 e. The minimum atomic E-state index is 0.740. The van der Waals surface area contributed by atoms with E-state index in [9.17, 15) is 0 Å². The van der Waals surface area contributed by atoms with Gasteiger partial charge in [0.05, 0.1) is 11.9 Å². The number of hydrogen-bond acceptors (Lipinski definition) is 2. The summed E-state index contributed by atoms with van der Waals surface area (Å²) >= 11 is 3.34. The van der Waals surface area contributed by atoms with Gasteiger partial charge in [0.15, 0.2) is 0 Å². The van der Waals surface area contributed by atoms with E-state index in [4.69, 9.17) is 0 Å². The van der Waals surface area contributed by atoms with E-state index in [0.29, 0.717) is 0 Å². The summed E-state index contributed by atoms with van der Waals surface area (Å²) in [5.74, 6) is 0.740. The van der Waals surface area contributed by atoms with Gasteiger partial charge in [0.2, 0.25) is 0 Å². The Labute approximate surface area is 96.3 Å². The lowest BCUT2D eigenvalue weighted by Crippen LogP contribution is -1.93. The third-order valence-electron chi connectivity index (χ3n) is 2.64. The van der Waals surface area contributed by atoms with E-state index in [1.54, 1.807) is 6.33 Å². The van der Waals surface area contributed by atoms with Crippen LogP contribution >= 0.6 is 15.9 Å². The Hall–Kier alpha value is -1.16. The maximum absolute atomic E-state index is 4.27. The molecule has 1 saturated carbocycles. The van der Waals surface area contributed by atoms with Gasteiger partial charge in [0, 0.05) is 12.4 Å². The first-order valence-corrected chi connectivity index (χ1v) is 5.77. The van der Waals surface area contributed by atoms with Crippen LogP contribution < -0.4 is 0 Å². The average molecular weight is 264 g/mol. The van der Waals surface area contributed by atoms with Gasteiger partial charge in [-0.3, -0.25) is 4.98 Å². The molecule has 76 valence electrons. The second-order valence-corrected chi connectivity index (χ2v) is 4.67. The quantitative estimate of drug-likeness (QED) is 0.834. The molecule has 1 aliphatic rings. The first-order valence-electron chi connectivity index (χ1n) is 4.98. The van der Waals surface area contributed by atoms with Gasteiger partial charge in [0.1, 0.15) is 10.9 Å². The molecular formula is C11H10BrN3. The Balaban J connectivity index is 2.00. The van der Waals surface area contributed by atoms with E-state index >= 15 is 0 Å². The fourth-order valence-electron chi connectivity index (χ4n) is 1.67. The lowest BCUT2D eigenvalue weighted by Gasteiger charge is -2.03. The van der Waals surface area contributed by atoms with E-state index in [1.165, 1.54) is 18.4 Å². The summed E-state index contributed by atoms with van der Waals surface area (Å²) < 4.78 is 2.82. The molecule has 4 heteroatoms. The van der Waals surface area contributed by atoms with Crippen molar-refractivity contribution in [1.29, 1.82) is 0 Å². The van der Waals surface area contributed by atoms with Crippen molar-refractivity contribution in [3.05, 3.63) is 41.2 Å². The summed E-state index contributed by atoms with van der Waals surface area (Å²) in [5, 5.41) is 0. The van der Waals surface area contributed by atoms with Crippen molar-refractivity contribution in [3.63, 3.8) is 0 Å². The first kappa shape index (κ1) is 9.09. The molecule has 2 aromatic rings. The van der Waals surface area contributed by atoms with Gasteiger partial charge in [0.25, 0.3) is 0 Å². The number of nitrogens with zero attached hydrogens (tertiary/aromatic N) is 3. The highest BCUT2D eigenvalue weighted by atomic mass is 79.9. The average Bonchev–Trinajstić information content (AvgIpc) is 3.02. The molecule has 15 heavy (non-hydrogen) atoms. The zero-order valence-electron chi connectivity index (χ0n) is 8.10. The zero-order valence-corrected chi connectivity index (χ0v) is 9.68. The number of rotatable bonds is 2. The SMILES string of the molecule is Brc1cn(-c2cncc(C3CC3)c2)cn1. The van der Waals surface area contributed by atoms with Gasteiger partial charge in [-0.05, 0) is 46.3 Å². The van der Waals surface area contributed by atoms with E-state index in [0.717, 1.165) is 16.2 Å². The molecule has 2 aromatic heterocycles. The van der Waals surface area contributed by atoms with Crippen LogP contribution in [-0.2, 0) is 0 Å². The second kappa shape index (κ2) is 3.45. The highest BCUT2D eigenvalue weighted by Gasteiger charge is 2.23. The summed E-state index contributed by atoms with van der Waals surface area (Å²) in [7, 11) is 0. The van der Waals surface area contributed by atoms with Crippen molar-refractivity contribution in [2.45, 2.75) is 18.8 Å². The summed E-state index contributed by atoms with van der Waals surface area (Å²) in [6.07, 6.45) is 10.2. The summed E-state index contributed by atoms with van der Waals surface area (Å²) in [6, 6.07) is 2.19. The van der Waals surface area contributed by atoms with Gasteiger partial charge in [-0.25, -0.2) is 4.98 Å². The molecule has 2 heterocycles. The van der Waals surface area contributed by atoms with Crippen LogP contribution in [0.4, 0.5) is 0 Å². The topological polar surface area (TPSA) is 30.7 Å². The van der Waals surface area contributed by atoms with Crippen LogP contribution in [0.2, 0.25) is 0 Å². The highest BCUT2D eigenvalue weighted by molar-refractivity contribution is 9.10. The van der Waals surface area contributed by atoms with Crippen molar-refractivity contribution >= 4 is 15.9 Å². The maximum Gasteiger partial charge on any atom is 0.124 e. The molecule has 3 rings (SSSR count). The maximum atomic E-state index is 4.27. The fraction of sp³-hybridized carbons (Fsp3) is 0.273. The summed E-state index contributed by atoms with van der Waals surface area (Å²) in [6.45, 7) is 0. The van der Waals surface area contributed by atoms with Gasteiger partial charge in [-0.15, -0.1) is 0 Å². The second-order valence-electron chi connectivity index (χ2n) is 3.85. The minimum absolute atomic E-state index is 0.740. The number of aromatic nitrogens is 3. The molecule has 1 aliphatic carbocycles. The molecule has 0 amide bonds. The van der Waals surface area contributed by atoms with Crippen LogP contribution in [0.15, 0.2) is 35.6 Å². The molecule has 0 aromatic carbocycles. The molecule has 0 spiro atoms. The molecular weight excluding hydrogens is 254 g/mol. The Morgan fingerprint density at radius 2 is 2.20 bits per heavy atom. The van der Waals surface area contributed by atoms with Gasteiger partial charge < -0.3 is 4.57 Å². The third kappa shape index (κ3) is 1.81. The van der Waals surface area contributed by atoms with Crippen molar-refractivity contribution in [1.82, 2.24) is 14.5 Å². The van der Waals surface area contributed by atoms with Crippen molar-refractivity contribution in [3.8, 4) is 5.69 Å². The lowest BCUT2D eigenvalue weighted by atomic mass is 10.2. The molecule has 0 radical (unpaired) electrons. The predicted molar refractivity (Wildman–Crippen MR) is 61.0 cm³/mol. The van der Waals surface area contributed by atoms with Crippen molar-refractivity contribution < 1.29 is 0 Å². The van der Waals surface area contributed by atoms with Crippen LogP contribution in [0.1, 0.15) is 24.3 Å². The monoisotopic (exact) mass is 263 g/mol. The van der Waals surface area contributed by atoms with E-state index in [2.05, 4.69) is 32.0 Å². The highest BCUT2D eigenvalue weighted by Crippen LogP contribution is 2.40. The molecule has 0 bridgehead atoms. The van der Waals surface area contributed by atoms with Gasteiger partial charge in [-0.2, -0.15) is 0 Å². The number of pyridine rings is 1. The van der Waals surface area contributed by atoms with E-state index in [-0.39, 0.29) is 0 Å². The molecule has 0 saturated heterocycles. The summed E-state index contributed by atoms with van der Waals surface area (Å²) in [5.41, 5.74) is 2.43. The Bertz CT molecular complexity index is 488. The van der Waals surface area contributed by atoms with Gasteiger partial charge in [-0.1, -0.05) is 0 Å². The van der Waals surface area contributed by atoms with E-state index < -0.39 is 0 Å². The molecule has 0 N–H and O–H groups in total. The zero-order chi connectivity index (χ0) is 10.3. The van der Waals surface area contributed by atoms with Crippen molar-refractivity contribution in [2.24, 2.45) is 0 Å². The predicted octanol–water partition coefficient (Wildman–Crippen LogP) is 2.91. The number of hydrogen-bond donors (Lipinski definition) is 0. The van der Waals surface area contributed by atoms with Crippen LogP contribution in [0.3, 0.4) is 0 Å². The third-order valence-corrected chi connectivity index (χ3v) is 3.05. The minimum Gasteiger partial charge on any atom is -0.304 e. The molecule has 1 fully saturated rings. The molecule has 3 nitrogen and oxygen atoms in total. The standard InChI is InChI=1S/C11H10BrN3/c12-11-6-15(7-14-11)10-3-9(4-13-5-10)8-1-2-8/h3-8H,1-2H2. The number of halogens is 1. The van der Waals surface area contributed by atoms with E-state index in [1.807, 2.05) is 23.2 Å². The summed E-state index contributed by atoms with van der Waals surface area (Å²) in [4.78, 5) is 8.40. The Morgan fingerprint density at radius 3 is 2.87 bits per heavy atom. The smallest absolute Gasteiger partial charge is 0.124 e. The van der Waals surface area contributed by atoms with Crippen LogP contribution in [0, 0.1) is 0 Å². The first-order chi connectivity index (χ1) is 7.33. The normalized spacial score (nSPS) is 15.5. The van der Waals surface area contributed by atoms with Crippen LogP contribution in [-0.4, -0.2) is 14.5 Å². The lowest BCUT2D eigenvalue weighted by molar-refractivity contribution is 1.01.